The first kappa shape index (κ1) is 18.4. The van der Waals surface area contributed by atoms with Gasteiger partial charge in [-0.25, -0.2) is 0 Å². The SMILES string of the molecule is C=CCSCCN=C(N)Nc1cccc2c1CCCC2.I. The van der Waals surface area contributed by atoms with Gasteiger partial charge in [0.05, 0.1) is 6.54 Å². The summed E-state index contributed by atoms with van der Waals surface area (Å²) in [5.41, 5.74) is 9.96. The Morgan fingerprint density at radius 3 is 3.00 bits per heavy atom. The Morgan fingerprint density at radius 2 is 2.19 bits per heavy atom. The number of guanidine groups is 1. The Hall–Kier alpha value is -0.690. The molecule has 2 rings (SSSR count). The number of anilines is 1. The Bertz CT molecular complexity index is 488. The van der Waals surface area contributed by atoms with Gasteiger partial charge in [-0.1, -0.05) is 18.2 Å². The van der Waals surface area contributed by atoms with Gasteiger partial charge < -0.3 is 11.1 Å². The molecular formula is C16H24IN3S. The topological polar surface area (TPSA) is 50.4 Å². The van der Waals surface area contributed by atoms with Crippen LogP contribution in [0.3, 0.4) is 0 Å². The molecule has 1 aromatic rings. The van der Waals surface area contributed by atoms with E-state index in [2.05, 4.69) is 35.1 Å². The molecule has 0 fully saturated rings. The van der Waals surface area contributed by atoms with Crippen molar-refractivity contribution in [2.45, 2.75) is 25.7 Å². The zero-order valence-corrected chi connectivity index (χ0v) is 15.5. The van der Waals surface area contributed by atoms with Crippen molar-refractivity contribution < 1.29 is 0 Å². The molecule has 0 unspecified atom stereocenters. The maximum atomic E-state index is 5.96. The summed E-state index contributed by atoms with van der Waals surface area (Å²) in [5, 5.41) is 3.26. The summed E-state index contributed by atoms with van der Waals surface area (Å²) in [5.74, 6) is 2.46. The van der Waals surface area contributed by atoms with Crippen LogP contribution < -0.4 is 11.1 Å². The van der Waals surface area contributed by atoms with Gasteiger partial charge in [-0.2, -0.15) is 11.8 Å². The maximum Gasteiger partial charge on any atom is 0.193 e. The predicted molar refractivity (Wildman–Crippen MR) is 106 cm³/mol. The van der Waals surface area contributed by atoms with E-state index in [1.165, 1.54) is 30.4 Å². The van der Waals surface area contributed by atoms with Gasteiger partial charge >= 0.3 is 0 Å². The van der Waals surface area contributed by atoms with E-state index in [0.717, 1.165) is 30.2 Å². The van der Waals surface area contributed by atoms with E-state index in [9.17, 15) is 0 Å². The molecule has 0 aromatic heterocycles. The molecule has 1 aromatic carbocycles. The second kappa shape index (κ2) is 10.1. The lowest BCUT2D eigenvalue weighted by molar-refractivity contribution is 0.687. The van der Waals surface area contributed by atoms with Crippen molar-refractivity contribution >= 4 is 47.4 Å². The molecule has 5 heteroatoms. The van der Waals surface area contributed by atoms with Gasteiger partial charge in [0.1, 0.15) is 0 Å². The highest BCUT2D eigenvalue weighted by Crippen LogP contribution is 2.27. The monoisotopic (exact) mass is 417 g/mol. The van der Waals surface area contributed by atoms with Gasteiger partial charge in [0.25, 0.3) is 0 Å². The lowest BCUT2D eigenvalue weighted by atomic mass is 9.90. The van der Waals surface area contributed by atoms with Gasteiger partial charge in [0.15, 0.2) is 5.96 Å². The highest BCUT2D eigenvalue weighted by atomic mass is 127. The van der Waals surface area contributed by atoms with Crippen LogP contribution >= 0.6 is 35.7 Å². The van der Waals surface area contributed by atoms with Crippen molar-refractivity contribution in [3.05, 3.63) is 42.0 Å². The number of aliphatic imine (C=N–C) groups is 1. The molecule has 116 valence electrons. The highest BCUT2D eigenvalue weighted by Gasteiger charge is 2.12. The van der Waals surface area contributed by atoms with Gasteiger partial charge in [0, 0.05) is 17.2 Å². The van der Waals surface area contributed by atoms with Crippen molar-refractivity contribution in [3.63, 3.8) is 0 Å². The molecule has 0 saturated carbocycles. The van der Waals surface area contributed by atoms with Crippen molar-refractivity contribution in [1.29, 1.82) is 0 Å². The van der Waals surface area contributed by atoms with Crippen molar-refractivity contribution in [2.75, 3.05) is 23.4 Å². The summed E-state index contributed by atoms with van der Waals surface area (Å²) in [4.78, 5) is 4.37. The average molecular weight is 417 g/mol. The van der Waals surface area contributed by atoms with Crippen LogP contribution in [0.5, 0.6) is 0 Å². The number of fused-ring (bicyclic) bond motifs is 1. The number of nitrogens with zero attached hydrogens (tertiary/aromatic N) is 1. The van der Waals surface area contributed by atoms with E-state index in [1.54, 1.807) is 0 Å². The zero-order chi connectivity index (χ0) is 14.2. The van der Waals surface area contributed by atoms with Gasteiger partial charge in [0.2, 0.25) is 0 Å². The minimum absolute atomic E-state index is 0. The molecule has 0 atom stereocenters. The second-order valence-corrected chi connectivity index (χ2v) is 6.06. The van der Waals surface area contributed by atoms with Gasteiger partial charge in [-0.15, -0.1) is 30.6 Å². The number of hydrogen-bond donors (Lipinski definition) is 2. The van der Waals surface area contributed by atoms with E-state index in [1.807, 2.05) is 17.8 Å². The Kier molecular flexibility index (Phi) is 8.84. The van der Waals surface area contributed by atoms with E-state index >= 15 is 0 Å². The van der Waals surface area contributed by atoms with Crippen LogP contribution in [0.4, 0.5) is 5.69 Å². The summed E-state index contributed by atoms with van der Waals surface area (Å²) in [6.45, 7) is 4.44. The number of nitrogens with two attached hydrogens (primary N) is 1. The van der Waals surface area contributed by atoms with Crippen molar-refractivity contribution in [2.24, 2.45) is 10.7 Å². The minimum atomic E-state index is 0. The number of benzene rings is 1. The number of rotatable bonds is 6. The first-order valence-electron chi connectivity index (χ1n) is 7.17. The third-order valence-corrected chi connectivity index (χ3v) is 4.35. The van der Waals surface area contributed by atoms with Crippen LogP contribution in [0.15, 0.2) is 35.8 Å². The fourth-order valence-electron chi connectivity index (χ4n) is 2.47. The summed E-state index contributed by atoms with van der Waals surface area (Å²) < 4.78 is 0. The quantitative estimate of drug-likeness (QED) is 0.243. The Balaban J connectivity index is 0.00000220. The molecule has 3 nitrogen and oxygen atoms in total. The number of halogens is 1. The number of aryl methyl sites for hydroxylation is 1. The van der Waals surface area contributed by atoms with Crippen LogP contribution in [-0.4, -0.2) is 24.0 Å². The average Bonchev–Trinajstić information content (AvgIpc) is 2.47. The molecule has 3 N–H and O–H groups in total. The predicted octanol–water partition coefficient (Wildman–Crippen LogP) is 3.83. The second-order valence-electron chi connectivity index (χ2n) is 4.91. The fourth-order valence-corrected chi connectivity index (χ4v) is 3.03. The maximum absolute atomic E-state index is 5.96. The third kappa shape index (κ3) is 5.90. The molecule has 1 aliphatic rings. The number of hydrogen-bond acceptors (Lipinski definition) is 2. The lowest BCUT2D eigenvalue weighted by Gasteiger charge is -2.19. The zero-order valence-electron chi connectivity index (χ0n) is 12.3. The molecule has 0 bridgehead atoms. The molecule has 0 saturated heterocycles. The molecule has 0 heterocycles. The van der Waals surface area contributed by atoms with Crippen LogP contribution in [0.25, 0.3) is 0 Å². The molecule has 1 aliphatic carbocycles. The largest absolute Gasteiger partial charge is 0.370 e. The molecular weight excluding hydrogens is 393 g/mol. The lowest BCUT2D eigenvalue weighted by Crippen LogP contribution is -2.24. The molecule has 21 heavy (non-hydrogen) atoms. The van der Waals surface area contributed by atoms with Crippen molar-refractivity contribution in [3.8, 4) is 0 Å². The first-order chi connectivity index (χ1) is 9.81. The van der Waals surface area contributed by atoms with E-state index in [-0.39, 0.29) is 24.0 Å². The summed E-state index contributed by atoms with van der Waals surface area (Å²) in [6, 6.07) is 6.41. The molecule has 0 amide bonds. The van der Waals surface area contributed by atoms with Gasteiger partial charge in [-0.3, -0.25) is 4.99 Å². The normalized spacial score (nSPS) is 14.0. The molecule has 0 spiro atoms. The summed E-state index contributed by atoms with van der Waals surface area (Å²) in [6.07, 6.45) is 6.79. The van der Waals surface area contributed by atoms with Crippen LogP contribution in [0.2, 0.25) is 0 Å². The van der Waals surface area contributed by atoms with Gasteiger partial charge in [-0.05, 0) is 42.9 Å². The van der Waals surface area contributed by atoms with Crippen LogP contribution in [0.1, 0.15) is 24.0 Å². The fraction of sp³-hybridized carbons (Fsp3) is 0.438. The van der Waals surface area contributed by atoms with Crippen LogP contribution in [0, 0.1) is 0 Å². The van der Waals surface area contributed by atoms with E-state index in [0.29, 0.717) is 5.96 Å². The Morgan fingerprint density at radius 1 is 1.38 bits per heavy atom. The highest BCUT2D eigenvalue weighted by molar-refractivity contribution is 14.0. The van der Waals surface area contributed by atoms with E-state index in [4.69, 9.17) is 5.73 Å². The van der Waals surface area contributed by atoms with E-state index < -0.39 is 0 Å². The first-order valence-corrected chi connectivity index (χ1v) is 8.33. The summed E-state index contributed by atoms with van der Waals surface area (Å²) >= 11 is 1.82. The van der Waals surface area contributed by atoms with Crippen molar-refractivity contribution in [1.82, 2.24) is 0 Å². The summed E-state index contributed by atoms with van der Waals surface area (Å²) in [7, 11) is 0. The molecule has 0 radical (unpaired) electrons. The molecule has 0 aliphatic heterocycles. The smallest absolute Gasteiger partial charge is 0.193 e. The number of nitrogens with one attached hydrogen (secondary N) is 1. The Labute approximate surface area is 148 Å². The van der Waals surface area contributed by atoms with Crippen LogP contribution in [-0.2, 0) is 12.8 Å². The minimum Gasteiger partial charge on any atom is -0.370 e. The third-order valence-electron chi connectivity index (χ3n) is 3.41. The number of thioether (sulfide) groups is 1. The standard InChI is InChI=1S/C16H23N3S.HI/c1-2-11-20-12-10-18-16(17)19-15-9-5-7-13-6-3-4-8-14(13)15;/h2,5,7,9H,1,3-4,6,8,10-12H2,(H3,17,18,19);1H.